The van der Waals surface area contributed by atoms with Gasteiger partial charge < -0.3 is 4.98 Å². The number of aryl methyl sites for hydroxylation is 1. The van der Waals surface area contributed by atoms with Gasteiger partial charge in [-0.1, -0.05) is 36.5 Å². The third kappa shape index (κ3) is 3.30. The molecule has 100 valence electrons. The standard InChI is InChI=1S/C13H11Cl2IN2O/c1-2-3-10-11(16)13(19)18-12(17-10)7-4-5-8(14)9(15)6-7/h4-6H,2-3H2,1H3,(H,17,18,19). The van der Waals surface area contributed by atoms with Crippen LogP contribution in [0, 0.1) is 3.57 Å². The van der Waals surface area contributed by atoms with E-state index in [2.05, 4.69) is 16.9 Å². The van der Waals surface area contributed by atoms with Crippen molar-refractivity contribution in [1.82, 2.24) is 9.97 Å². The molecule has 1 aromatic heterocycles. The van der Waals surface area contributed by atoms with E-state index in [1.807, 2.05) is 22.6 Å². The minimum absolute atomic E-state index is 0.125. The minimum atomic E-state index is -0.125. The van der Waals surface area contributed by atoms with Gasteiger partial charge >= 0.3 is 0 Å². The fourth-order valence-electron chi connectivity index (χ4n) is 1.69. The molecule has 0 saturated carbocycles. The first-order valence-electron chi connectivity index (χ1n) is 5.77. The molecule has 0 aliphatic heterocycles. The van der Waals surface area contributed by atoms with Crippen LogP contribution in [0.4, 0.5) is 0 Å². The van der Waals surface area contributed by atoms with Gasteiger partial charge in [-0.3, -0.25) is 4.79 Å². The second kappa shape index (κ2) is 6.24. The maximum absolute atomic E-state index is 11.9. The molecule has 0 spiro atoms. The highest BCUT2D eigenvalue weighted by molar-refractivity contribution is 14.1. The number of rotatable bonds is 3. The molecule has 1 aromatic carbocycles. The Labute approximate surface area is 134 Å². The monoisotopic (exact) mass is 408 g/mol. The highest BCUT2D eigenvalue weighted by Gasteiger charge is 2.10. The molecule has 0 unspecified atom stereocenters. The smallest absolute Gasteiger partial charge is 0.264 e. The Morgan fingerprint density at radius 1 is 1.32 bits per heavy atom. The topological polar surface area (TPSA) is 45.8 Å². The van der Waals surface area contributed by atoms with Crippen molar-refractivity contribution in [1.29, 1.82) is 0 Å². The lowest BCUT2D eigenvalue weighted by Crippen LogP contribution is -2.16. The first kappa shape index (κ1) is 14.8. The van der Waals surface area contributed by atoms with Crippen molar-refractivity contribution in [2.75, 3.05) is 0 Å². The van der Waals surface area contributed by atoms with Gasteiger partial charge in [0.2, 0.25) is 0 Å². The van der Waals surface area contributed by atoms with E-state index in [9.17, 15) is 4.79 Å². The second-order valence-corrected chi connectivity index (χ2v) is 5.95. The number of halogens is 3. The summed E-state index contributed by atoms with van der Waals surface area (Å²) in [6, 6.07) is 5.18. The Kier molecular flexibility index (Phi) is 4.86. The molecule has 0 aliphatic carbocycles. The number of hydrogen-bond donors (Lipinski definition) is 1. The van der Waals surface area contributed by atoms with E-state index in [-0.39, 0.29) is 5.56 Å². The van der Waals surface area contributed by atoms with Gasteiger partial charge in [0.1, 0.15) is 5.82 Å². The van der Waals surface area contributed by atoms with Gasteiger partial charge in [-0.15, -0.1) is 0 Å². The van der Waals surface area contributed by atoms with Crippen molar-refractivity contribution in [2.24, 2.45) is 0 Å². The fourth-order valence-corrected chi connectivity index (χ4v) is 2.51. The van der Waals surface area contributed by atoms with Crippen molar-refractivity contribution in [3.05, 3.63) is 47.9 Å². The normalized spacial score (nSPS) is 10.7. The van der Waals surface area contributed by atoms with E-state index in [1.54, 1.807) is 18.2 Å². The molecule has 19 heavy (non-hydrogen) atoms. The Bertz CT molecular complexity index is 670. The summed E-state index contributed by atoms with van der Waals surface area (Å²) >= 11 is 13.9. The highest BCUT2D eigenvalue weighted by Crippen LogP contribution is 2.26. The third-order valence-electron chi connectivity index (χ3n) is 2.61. The highest BCUT2D eigenvalue weighted by atomic mass is 127. The molecule has 2 rings (SSSR count). The van der Waals surface area contributed by atoms with Crippen LogP contribution in [0.5, 0.6) is 0 Å². The average Bonchev–Trinajstić information content (AvgIpc) is 2.38. The van der Waals surface area contributed by atoms with Gasteiger partial charge in [0.05, 0.1) is 19.3 Å². The van der Waals surface area contributed by atoms with Gasteiger partial charge in [0.15, 0.2) is 0 Å². The summed E-state index contributed by atoms with van der Waals surface area (Å²) < 4.78 is 0.642. The van der Waals surface area contributed by atoms with Gasteiger partial charge in [-0.05, 0) is 47.2 Å². The molecule has 0 bridgehead atoms. The number of aromatic amines is 1. The Hall–Kier alpha value is -0.590. The van der Waals surface area contributed by atoms with E-state index in [0.29, 0.717) is 19.4 Å². The lowest BCUT2D eigenvalue weighted by Gasteiger charge is -2.07. The van der Waals surface area contributed by atoms with E-state index < -0.39 is 0 Å². The summed E-state index contributed by atoms with van der Waals surface area (Å²) in [7, 11) is 0. The maximum Gasteiger partial charge on any atom is 0.264 e. The quantitative estimate of drug-likeness (QED) is 0.769. The minimum Gasteiger partial charge on any atom is -0.306 e. The summed E-state index contributed by atoms with van der Waals surface area (Å²) in [5.74, 6) is 0.521. The van der Waals surface area contributed by atoms with Crippen molar-refractivity contribution < 1.29 is 0 Å². The number of benzene rings is 1. The lowest BCUT2D eigenvalue weighted by molar-refractivity contribution is 0.860. The largest absolute Gasteiger partial charge is 0.306 e. The molecular formula is C13H11Cl2IN2O. The van der Waals surface area contributed by atoms with Crippen molar-refractivity contribution >= 4 is 45.8 Å². The van der Waals surface area contributed by atoms with Crippen LogP contribution < -0.4 is 5.56 Å². The molecule has 0 amide bonds. The predicted molar refractivity (Wildman–Crippen MR) is 87.0 cm³/mol. The molecule has 0 fully saturated rings. The summed E-state index contributed by atoms with van der Waals surface area (Å²) in [6.07, 6.45) is 1.71. The summed E-state index contributed by atoms with van der Waals surface area (Å²) in [5, 5.41) is 0.921. The zero-order valence-electron chi connectivity index (χ0n) is 10.1. The van der Waals surface area contributed by atoms with Crippen LogP contribution in [0.3, 0.4) is 0 Å². The number of nitrogens with one attached hydrogen (secondary N) is 1. The number of aromatic nitrogens is 2. The number of nitrogens with zero attached hydrogens (tertiary/aromatic N) is 1. The molecule has 0 saturated heterocycles. The molecule has 1 N–H and O–H groups in total. The van der Waals surface area contributed by atoms with Crippen molar-refractivity contribution in [3.8, 4) is 11.4 Å². The van der Waals surface area contributed by atoms with Crippen molar-refractivity contribution in [2.45, 2.75) is 19.8 Å². The summed E-state index contributed by atoms with van der Waals surface area (Å²) in [5.41, 5.74) is 1.44. The first-order valence-corrected chi connectivity index (χ1v) is 7.60. The Morgan fingerprint density at radius 3 is 2.68 bits per heavy atom. The molecule has 6 heteroatoms. The van der Waals surface area contributed by atoms with Crippen molar-refractivity contribution in [3.63, 3.8) is 0 Å². The predicted octanol–water partition coefficient (Wildman–Crippen LogP) is 4.30. The fraction of sp³-hybridized carbons (Fsp3) is 0.231. The van der Waals surface area contributed by atoms with Gasteiger partial charge in [0, 0.05) is 5.56 Å². The van der Waals surface area contributed by atoms with Crippen LogP contribution >= 0.6 is 45.8 Å². The van der Waals surface area contributed by atoms with Crippen LogP contribution in [0.2, 0.25) is 10.0 Å². The zero-order valence-corrected chi connectivity index (χ0v) is 13.8. The van der Waals surface area contributed by atoms with E-state index in [0.717, 1.165) is 24.1 Å². The summed E-state index contributed by atoms with van der Waals surface area (Å²) in [4.78, 5) is 19.2. The Morgan fingerprint density at radius 2 is 2.05 bits per heavy atom. The molecule has 2 aromatic rings. The molecule has 0 atom stereocenters. The second-order valence-electron chi connectivity index (χ2n) is 4.05. The molecule has 3 nitrogen and oxygen atoms in total. The maximum atomic E-state index is 11.9. The van der Waals surface area contributed by atoms with Gasteiger partial charge in [0.25, 0.3) is 5.56 Å². The van der Waals surface area contributed by atoms with Crippen LogP contribution in [0.1, 0.15) is 19.0 Å². The van der Waals surface area contributed by atoms with Gasteiger partial charge in [-0.25, -0.2) is 4.98 Å². The average molecular weight is 409 g/mol. The first-order chi connectivity index (χ1) is 9.02. The number of hydrogen-bond acceptors (Lipinski definition) is 2. The van der Waals surface area contributed by atoms with Crippen LogP contribution in [-0.4, -0.2) is 9.97 Å². The zero-order chi connectivity index (χ0) is 14.0. The van der Waals surface area contributed by atoms with E-state index >= 15 is 0 Å². The molecular weight excluding hydrogens is 398 g/mol. The third-order valence-corrected chi connectivity index (χ3v) is 4.46. The summed E-state index contributed by atoms with van der Waals surface area (Å²) in [6.45, 7) is 2.05. The molecule has 0 radical (unpaired) electrons. The van der Waals surface area contributed by atoms with Crippen LogP contribution in [0.15, 0.2) is 23.0 Å². The SMILES string of the molecule is CCCc1nc(-c2ccc(Cl)c(Cl)c2)[nH]c(=O)c1I. The van der Waals surface area contributed by atoms with Crippen LogP contribution in [-0.2, 0) is 6.42 Å². The van der Waals surface area contributed by atoms with E-state index in [4.69, 9.17) is 23.2 Å². The lowest BCUT2D eigenvalue weighted by atomic mass is 10.2. The van der Waals surface area contributed by atoms with Crippen LogP contribution in [0.25, 0.3) is 11.4 Å². The van der Waals surface area contributed by atoms with Gasteiger partial charge in [-0.2, -0.15) is 0 Å². The van der Waals surface area contributed by atoms with E-state index in [1.165, 1.54) is 0 Å². The molecule has 1 heterocycles. The number of H-pyrrole nitrogens is 1. The Balaban J connectivity index is 2.56. The molecule has 0 aliphatic rings.